The van der Waals surface area contributed by atoms with E-state index in [-0.39, 0.29) is 5.91 Å². The summed E-state index contributed by atoms with van der Waals surface area (Å²) in [5, 5.41) is 4.48. The Labute approximate surface area is 122 Å². The van der Waals surface area contributed by atoms with Crippen LogP contribution < -0.4 is 5.43 Å². The summed E-state index contributed by atoms with van der Waals surface area (Å²) < 4.78 is 0. The van der Waals surface area contributed by atoms with Gasteiger partial charge in [0.2, 0.25) is 5.91 Å². The molecule has 4 aliphatic carbocycles. The molecule has 4 bridgehead atoms. The maximum Gasteiger partial charge on any atom is 0.240 e. The molecule has 3 nitrogen and oxygen atoms in total. The topological polar surface area (TPSA) is 41.5 Å². The van der Waals surface area contributed by atoms with Crippen molar-refractivity contribution < 1.29 is 4.79 Å². The van der Waals surface area contributed by atoms with E-state index in [1.54, 1.807) is 0 Å². The van der Waals surface area contributed by atoms with Gasteiger partial charge in [-0.15, -0.1) is 0 Å². The lowest BCUT2D eigenvalue weighted by Crippen LogP contribution is -2.49. The molecular formula is C17H28N2O. The number of carbonyl (C=O) groups excluding carboxylic acids is 1. The van der Waals surface area contributed by atoms with Gasteiger partial charge in [-0.05, 0) is 69.1 Å². The van der Waals surface area contributed by atoms with E-state index >= 15 is 0 Å². The molecule has 0 unspecified atom stereocenters. The number of nitrogens with zero attached hydrogens (tertiary/aromatic N) is 1. The van der Waals surface area contributed by atoms with Gasteiger partial charge in [0.05, 0.1) is 0 Å². The Kier molecular flexibility index (Phi) is 3.64. The van der Waals surface area contributed by atoms with Crippen LogP contribution >= 0.6 is 0 Å². The van der Waals surface area contributed by atoms with Crippen LogP contribution in [-0.4, -0.2) is 11.6 Å². The van der Waals surface area contributed by atoms with Crippen LogP contribution in [0.5, 0.6) is 0 Å². The predicted molar refractivity (Wildman–Crippen MR) is 81.3 cm³/mol. The molecule has 3 heteroatoms. The highest BCUT2D eigenvalue weighted by Crippen LogP contribution is 2.60. The van der Waals surface area contributed by atoms with E-state index in [9.17, 15) is 4.79 Å². The second kappa shape index (κ2) is 5.16. The molecule has 4 saturated carbocycles. The van der Waals surface area contributed by atoms with Crippen LogP contribution in [0.1, 0.15) is 65.7 Å². The maximum absolute atomic E-state index is 11.8. The van der Waals surface area contributed by atoms with Crippen LogP contribution in [0.15, 0.2) is 5.10 Å². The highest BCUT2D eigenvalue weighted by atomic mass is 16.2. The molecule has 0 radical (unpaired) electrons. The molecule has 0 aromatic carbocycles. The van der Waals surface area contributed by atoms with Gasteiger partial charge >= 0.3 is 0 Å². The van der Waals surface area contributed by atoms with E-state index in [4.69, 9.17) is 0 Å². The summed E-state index contributed by atoms with van der Waals surface area (Å²) in [4.78, 5) is 11.8. The average molecular weight is 276 g/mol. The van der Waals surface area contributed by atoms with Gasteiger partial charge in [-0.25, -0.2) is 5.43 Å². The highest BCUT2D eigenvalue weighted by Gasteiger charge is 2.52. The van der Waals surface area contributed by atoms with E-state index in [0.29, 0.717) is 17.8 Å². The van der Waals surface area contributed by atoms with Gasteiger partial charge in [0, 0.05) is 17.5 Å². The van der Waals surface area contributed by atoms with E-state index in [1.807, 2.05) is 0 Å². The van der Waals surface area contributed by atoms with Gasteiger partial charge in [0.1, 0.15) is 0 Å². The van der Waals surface area contributed by atoms with Gasteiger partial charge in [0.25, 0.3) is 0 Å². The molecule has 0 aromatic heterocycles. The molecule has 1 N–H and O–H groups in total. The van der Waals surface area contributed by atoms with Crippen molar-refractivity contribution >= 4 is 11.6 Å². The zero-order valence-electron chi connectivity index (χ0n) is 13.1. The van der Waals surface area contributed by atoms with Gasteiger partial charge < -0.3 is 0 Å². The summed E-state index contributed by atoms with van der Waals surface area (Å²) in [5.41, 5.74) is 4.30. The van der Waals surface area contributed by atoms with Gasteiger partial charge in [-0.3, -0.25) is 4.79 Å². The second-order valence-electron chi connectivity index (χ2n) is 8.03. The minimum atomic E-state index is 0.0593. The Morgan fingerprint density at radius 1 is 1.15 bits per heavy atom. The van der Waals surface area contributed by atoms with Crippen LogP contribution in [0, 0.1) is 29.1 Å². The number of rotatable bonds is 4. The molecule has 0 saturated heterocycles. The van der Waals surface area contributed by atoms with Crippen molar-refractivity contribution in [2.75, 3.05) is 0 Å². The number of amides is 1. The summed E-state index contributed by atoms with van der Waals surface area (Å²) in [7, 11) is 0. The first-order chi connectivity index (χ1) is 9.47. The molecule has 0 heterocycles. The van der Waals surface area contributed by atoms with Crippen LogP contribution in [0.2, 0.25) is 0 Å². The molecule has 0 atom stereocenters. The zero-order valence-corrected chi connectivity index (χ0v) is 13.1. The molecule has 0 aromatic rings. The average Bonchev–Trinajstić information content (AvgIpc) is 2.33. The summed E-state index contributed by atoms with van der Waals surface area (Å²) >= 11 is 0. The fourth-order valence-electron chi connectivity index (χ4n) is 5.23. The summed E-state index contributed by atoms with van der Waals surface area (Å²) in [5.74, 6) is 3.24. The highest BCUT2D eigenvalue weighted by molar-refractivity contribution is 5.89. The summed E-state index contributed by atoms with van der Waals surface area (Å²) in [6.45, 7) is 6.27. The lowest BCUT2D eigenvalue weighted by atomic mass is 9.48. The van der Waals surface area contributed by atoms with Crippen molar-refractivity contribution in [2.45, 2.75) is 65.7 Å². The van der Waals surface area contributed by atoms with Crippen LogP contribution in [-0.2, 0) is 4.79 Å². The first-order valence-electron chi connectivity index (χ1n) is 8.30. The van der Waals surface area contributed by atoms with E-state index in [0.717, 1.165) is 17.8 Å². The van der Waals surface area contributed by atoms with Crippen LogP contribution in [0.25, 0.3) is 0 Å². The summed E-state index contributed by atoms with van der Waals surface area (Å²) in [6, 6.07) is 0. The molecule has 1 amide bonds. The number of hydrogen-bond acceptors (Lipinski definition) is 2. The SMILES string of the molecule is C/C(=N/NC(=O)CC(C)C)C12CC3CC(CC(C3)C1)C2. The lowest BCUT2D eigenvalue weighted by molar-refractivity contribution is -0.121. The Morgan fingerprint density at radius 3 is 2.10 bits per heavy atom. The largest absolute Gasteiger partial charge is 0.273 e. The third-order valence-electron chi connectivity index (χ3n) is 5.75. The second-order valence-corrected chi connectivity index (χ2v) is 8.03. The molecule has 4 fully saturated rings. The maximum atomic E-state index is 11.8. The molecule has 4 aliphatic rings. The Hall–Kier alpha value is -0.860. The Balaban J connectivity index is 1.67. The normalized spacial score (nSPS) is 39.4. The number of carbonyl (C=O) groups is 1. The van der Waals surface area contributed by atoms with Crippen molar-refractivity contribution in [3.63, 3.8) is 0 Å². The fourth-order valence-corrected chi connectivity index (χ4v) is 5.23. The lowest BCUT2D eigenvalue weighted by Gasteiger charge is -2.56. The Morgan fingerprint density at radius 2 is 1.65 bits per heavy atom. The number of nitrogens with one attached hydrogen (secondary N) is 1. The quantitative estimate of drug-likeness (QED) is 0.617. The zero-order chi connectivity index (χ0) is 14.3. The first kappa shape index (κ1) is 14.1. The molecular weight excluding hydrogens is 248 g/mol. The number of hydrogen-bond donors (Lipinski definition) is 1. The van der Waals surface area contributed by atoms with Crippen molar-refractivity contribution in [1.29, 1.82) is 0 Å². The molecule has 4 rings (SSSR count). The Bertz CT molecular complexity index is 389. The predicted octanol–water partition coefficient (Wildman–Crippen LogP) is 3.74. The fraction of sp³-hybridized carbons (Fsp3) is 0.882. The molecule has 0 aliphatic heterocycles. The summed E-state index contributed by atoms with van der Waals surface area (Å²) in [6.07, 6.45) is 8.86. The van der Waals surface area contributed by atoms with Gasteiger partial charge in [-0.2, -0.15) is 5.10 Å². The van der Waals surface area contributed by atoms with Gasteiger partial charge in [-0.1, -0.05) is 13.8 Å². The van der Waals surface area contributed by atoms with E-state index in [2.05, 4.69) is 31.3 Å². The van der Waals surface area contributed by atoms with Crippen molar-refractivity contribution in [3.05, 3.63) is 0 Å². The first-order valence-corrected chi connectivity index (χ1v) is 8.30. The van der Waals surface area contributed by atoms with Crippen LogP contribution in [0.3, 0.4) is 0 Å². The van der Waals surface area contributed by atoms with Crippen molar-refractivity contribution in [1.82, 2.24) is 5.43 Å². The van der Waals surface area contributed by atoms with E-state index in [1.165, 1.54) is 44.2 Å². The monoisotopic (exact) mass is 276 g/mol. The van der Waals surface area contributed by atoms with Crippen LogP contribution in [0.4, 0.5) is 0 Å². The van der Waals surface area contributed by atoms with Crippen molar-refractivity contribution in [2.24, 2.45) is 34.2 Å². The number of hydrazone groups is 1. The molecule has 112 valence electrons. The van der Waals surface area contributed by atoms with Crippen molar-refractivity contribution in [3.8, 4) is 0 Å². The third-order valence-corrected chi connectivity index (χ3v) is 5.75. The third kappa shape index (κ3) is 2.64. The van der Waals surface area contributed by atoms with E-state index < -0.39 is 0 Å². The smallest absolute Gasteiger partial charge is 0.240 e. The standard InChI is InChI=1S/C17H28N2O/c1-11(2)4-16(20)19-18-12(3)17-8-13-5-14(9-17)7-15(6-13)10-17/h11,13-15H,4-10H2,1-3H3,(H,19,20)/b18-12-. The van der Waals surface area contributed by atoms with Gasteiger partial charge in [0.15, 0.2) is 0 Å². The molecule has 0 spiro atoms. The minimum Gasteiger partial charge on any atom is -0.273 e. The minimum absolute atomic E-state index is 0.0593. The molecule has 20 heavy (non-hydrogen) atoms.